The summed E-state index contributed by atoms with van der Waals surface area (Å²) in [6, 6.07) is 5.07. The van der Waals surface area contributed by atoms with Crippen LogP contribution in [-0.4, -0.2) is 44.3 Å². The van der Waals surface area contributed by atoms with Crippen molar-refractivity contribution in [2.75, 3.05) is 39.4 Å². The Morgan fingerprint density at radius 3 is 2.89 bits per heavy atom. The predicted molar refractivity (Wildman–Crippen MR) is 79.7 cm³/mol. The van der Waals surface area contributed by atoms with Crippen LogP contribution in [0.25, 0.3) is 0 Å². The highest BCUT2D eigenvalue weighted by molar-refractivity contribution is 7.10. The van der Waals surface area contributed by atoms with Gasteiger partial charge in [0.15, 0.2) is 0 Å². The molecule has 1 unspecified atom stereocenters. The van der Waals surface area contributed by atoms with E-state index in [1.54, 1.807) is 0 Å². The molecule has 1 saturated carbocycles. The van der Waals surface area contributed by atoms with Crippen LogP contribution in [0.2, 0.25) is 0 Å². The maximum absolute atomic E-state index is 5.38. The summed E-state index contributed by atoms with van der Waals surface area (Å²) in [4.78, 5) is 4.04. The lowest BCUT2D eigenvalue weighted by Gasteiger charge is -2.27. The van der Waals surface area contributed by atoms with Gasteiger partial charge in [-0.1, -0.05) is 6.07 Å². The molecule has 1 aromatic rings. The van der Waals surface area contributed by atoms with E-state index in [1.165, 1.54) is 30.7 Å². The van der Waals surface area contributed by atoms with Gasteiger partial charge in [0.2, 0.25) is 0 Å². The molecule has 2 aliphatic rings. The summed E-state index contributed by atoms with van der Waals surface area (Å²) in [5, 5.41) is 5.97. The third-order valence-corrected chi connectivity index (χ3v) is 5.02. The Bertz CT molecular complexity index is 358. The molecule has 3 nitrogen and oxygen atoms in total. The van der Waals surface area contributed by atoms with E-state index in [-0.39, 0.29) is 0 Å². The third kappa shape index (κ3) is 4.02. The first kappa shape index (κ1) is 13.6. The molecule has 0 bridgehead atoms. The Balaban J connectivity index is 1.38. The Morgan fingerprint density at radius 2 is 2.21 bits per heavy atom. The number of rotatable bonds is 7. The molecule has 0 amide bonds. The smallest absolute Gasteiger partial charge is 0.0594 e. The molecule has 2 fully saturated rings. The second kappa shape index (κ2) is 6.84. The highest BCUT2D eigenvalue weighted by Gasteiger charge is 2.32. The Labute approximate surface area is 119 Å². The van der Waals surface area contributed by atoms with Crippen LogP contribution < -0.4 is 5.32 Å². The number of nitrogens with one attached hydrogen (secondary N) is 1. The summed E-state index contributed by atoms with van der Waals surface area (Å²) in [5.41, 5.74) is 0. The lowest BCUT2D eigenvalue weighted by molar-refractivity contribution is 0.0373. The van der Waals surface area contributed by atoms with Gasteiger partial charge in [0.25, 0.3) is 0 Å². The molecule has 4 heteroatoms. The van der Waals surface area contributed by atoms with Crippen molar-refractivity contribution in [3.05, 3.63) is 22.4 Å². The van der Waals surface area contributed by atoms with Gasteiger partial charge in [-0.15, -0.1) is 11.3 Å². The van der Waals surface area contributed by atoms with Gasteiger partial charge in [-0.2, -0.15) is 0 Å². The van der Waals surface area contributed by atoms with E-state index < -0.39 is 0 Å². The highest BCUT2D eigenvalue weighted by atomic mass is 32.1. The largest absolute Gasteiger partial charge is 0.379 e. The molecule has 1 aliphatic heterocycles. The van der Waals surface area contributed by atoms with Gasteiger partial charge in [-0.05, 0) is 49.7 Å². The Kier molecular flexibility index (Phi) is 4.88. The highest BCUT2D eigenvalue weighted by Crippen LogP contribution is 2.42. The molecule has 0 aromatic carbocycles. The van der Waals surface area contributed by atoms with Crippen molar-refractivity contribution < 1.29 is 4.74 Å². The zero-order valence-corrected chi connectivity index (χ0v) is 12.3. The fourth-order valence-corrected chi connectivity index (χ4v) is 3.68. The van der Waals surface area contributed by atoms with Crippen molar-refractivity contribution in [3.8, 4) is 0 Å². The monoisotopic (exact) mass is 280 g/mol. The molecule has 1 atom stereocenters. The van der Waals surface area contributed by atoms with Gasteiger partial charge >= 0.3 is 0 Å². The van der Waals surface area contributed by atoms with Crippen molar-refractivity contribution >= 4 is 11.3 Å². The molecule has 106 valence electrons. The second-order valence-corrected chi connectivity index (χ2v) is 6.57. The van der Waals surface area contributed by atoms with Crippen LogP contribution in [0.1, 0.15) is 30.2 Å². The van der Waals surface area contributed by atoms with Crippen molar-refractivity contribution in [1.29, 1.82) is 0 Å². The number of ether oxygens (including phenoxy) is 1. The maximum Gasteiger partial charge on any atom is 0.0594 e. The molecule has 1 saturated heterocycles. The van der Waals surface area contributed by atoms with E-state index in [0.717, 1.165) is 38.8 Å². The molecular weight excluding hydrogens is 256 g/mol. The topological polar surface area (TPSA) is 24.5 Å². The molecule has 0 spiro atoms. The zero-order valence-electron chi connectivity index (χ0n) is 11.5. The van der Waals surface area contributed by atoms with E-state index in [2.05, 4.69) is 27.7 Å². The first-order valence-corrected chi connectivity index (χ1v) is 8.38. The lowest BCUT2D eigenvalue weighted by Crippen LogP contribution is -2.38. The third-order valence-electron chi connectivity index (χ3n) is 4.06. The number of morpholine rings is 1. The van der Waals surface area contributed by atoms with E-state index >= 15 is 0 Å². The molecule has 3 rings (SSSR count). The summed E-state index contributed by atoms with van der Waals surface area (Å²) >= 11 is 1.90. The van der Waals surface area contributed by atoms with Gasteiger partial charge in [-0.25, -0.2) is 0 Å². The quantitative estimate of drug-likeness (QED) is 0.777. The van der Waals surface area contributed by atoms with E-state index in [0.29, 0.717) is 6.04 Å². The number of hydrogen-bond acceptors (Lipinski definition) is 4. The average Bonchev–Trinajstić information content (AvgIpc) is 3.14. The minimum atomic E-state index is 0.615. The molecular formula is C15H24N2OS. The van der Waals surface area contributed by atoms with Crippen molar-refractivity contribution in [3.63, 3.8) is 0 Å². The van der Waals surface area contributed by atoms with Gasteiger partial charge in [0.05, 0.1) is 13.2 Å². The molecule has 1 aromatic heterocycles. The summed E-state index contributed by atoms with van der Waals surface area (Å²) in [6.45, 7) is 6.38. The SMILES string of the molecule is c1csc(C(NCCCN2CCOCC2)C2CC2)c1. The maximum atomic E-state index is 5.38. The zero-order chi connectivity index (χ0) is 12.9. The van der Waals surface area contributed by atoms with Crippen LogP contribution in [0, 0.1) is 5.92 Å². The number of thiophene rings is 1. The van der Waals surface area contributed by atoms with Gasteiger partial charge in [0.1, 0.15) is 0 Å². The number of nitrogens with zero attached hydrogens (tertiary/aromatic N) is 1. The van der Waals surface area contributed by atoms with Crippen molar-refractivity contribution in [1.82, 2.24) is 10.2 Å². The van der Waals surface area contributed by atoms with E-state index in [1.807, 2.05) is 11.3 Å². The molecule has 2 heterocycles. The molecule has 0 radical (unpaired) electrons. The van der Waals surface area contributed by atoms with E-state index in [9.17, 15) is 0 Å². The normalized spacial score (nSPS) is 22.5. The van der Waals surface area contributed by atoms with Gasteiger partial charge in [-0.3, -0.25) is 4.90 Å². The van der Waals surface area contributed by atoms with Crippen molar-refractivity contribution in [2.24, 2.45) is 5.92 Å². The minimum Gasteiger partial charge on any atom is -0.379 e. The summed E-state index contributed by atoms with van der Waals surface area (Å²) in [6.07, 6.45) is 4.05. The van der Waals surface area contributed by atoms with Crippen LogP contribution in [0.3, 0.4) is 0 Å². The molecule has 1 aliphatic carbocycles. The van der Waals surface area contributed by atoms with Crippen LogP contribution in [0.5, 0.6) is 0 Å². The average molecular weight is 280 g/mol. The van der Waals surface area contributed by atoms with Gasteiger partial charge in [0, 0.05) is 24.0 Å². The molecule has 1 N–H and O–H groups in total. The first-order chi connectivity index (χ1) is 9.43. The van der Waals surface area contributed by atoms with Crippen LogP contribution in [0.15, 0.2) is 17.5 Å². The Morgan fingerprint density at radius 1 is 1.37 bits per heavy atom. The van der Waals surface area contributed by atoms with Crippen LogP contribution >= 0.6 is 11.3 Å². The summed E-state index contributed by atoms with van der Waals surface area (Å²) in [5.74, 6) is 0.891. The van der Waals surface area contributed by atoms with Crippen LogP contribution in [0.4, 0.5) is 0 Å². The Hall–Kier alpha value is -0.420. The number of hydrogen-bond donors (Lipinski definition) is 1. The summed E-state index contributed by atoms with van der Waals surface area (Å²) < 4.78 is 5.38. The lowest BCUT2D eigenvalue weighted by atomic mass is 10.1. The van der Waals surface area contributed by atoms with E-state index in [4.69, 9.17) is 4.74 Å². The fourth-order valence-electron chi connectivity index (χ4n) is 2.78. The first-order valence-electron chi connectivity index (χ1n) is 7.50. The van der Waals surface area contributed by atoms with Crippen LogP contribution in [-0.2, 0) is 4.74 Å². The predicted octanol–water partition coefficient (Wildman–Crippen LogP) is 2.51. The standard InChI is InChI=1S/C15H24N2OS/c1-3-14(19-12-1)15(13-4-5-13)16-6-2-7-17-8-10-18-11-9-17/h1,3,12-13,15-16H,2,4-11H2. The second-order valence-electron chi connectivity index (χ2n) is 5.59. The van der Waals surface area contributed by atoms with Gasteiger partial charge < -0.3 is 10.1 Å². The van der Waals surface area contributed by atoms with Crippen molar-refractivity contribution in [2.45, 2.75) is 25.3 Å². The minimum absolute atomic E-state index is 0.615. The fraction of sp³-hybridized carbons (Fsp3) is 0.733. The summed E-state index contributed by atoms with van der Waals surface area (Å²) in [7, 11) is 0. The molecule has 19 heavy (non-hydrogen) atoms.